The van der Waals surface area contributed by atoms with E-state index in [1.807, 2.05) is 32.8 Å². The normalized spacial score (nSPS) is 20.9. The lowest BCUT2D eigenvalue weighted by Gasteiger charge is -2.37. The van der Waals surface area contributed by atoms with Crippen LogP contribution in [0.5, 0.6) is 0 Å². The fraction of sp³-hybridized carbons (Fsp3) is 0.923. The molecule has 1 rings (SSSR count). The maximum atomic E-state index is 11.8. The molecule has 0 aliphatic heterocycles. The molecule has 0 aromatic carbocycles. The van der Waals surface area contributed by atoms with E-state index in [4.69, 9.17) is 0 Å². The Morgan fingerprint density at radius 1 is 1.35 bits per heavy atom. The minimum absolute atomic E-state index is 0.0732. The Bertz CT molecular complexity index is 250. The zero-order chi connectivity index (χ0) is 12.9. The third-order valence-corrected chi connectivity index (χ3v) is 5.16. The molecule has 1 N–H and O–H groups in total. The van der Waals surface area contributed by atoms with Gasteiger partial charge >= 0.3 is 0 Å². The van der Waals surface area contributed by atoms with E-state index in [-0.39, 0.29) is 11.9 Å². The van der Waals surface area contributed by atoms with Gasteiger partial charge in [-0.3, -0.25) is 4.79 Å². The van der Waals surface area contributed by atoms with Gasteiger partial charge in [0.2, 0.25) is 5.91 Å². The molecule has 1 aliphatic rings. The van der Waals surface area contributed by atoms with E-state index >= 15 is 0 Å². The van der Waals surface area contributed by atoms with Gasteiger partial charge in [-0.05, 0) is 26.0 Å². The Balaban J connectivity index is 2.44. The molecule has 0 heterocycles. The Morgan fingerprint density at radius 2 is 1.94 bits per heavy atom. The van der Waals surface area contributed by atoms with Crippen molar-refractivity contribution >= 4 is 17.7 Å². The van der Waals surface area contributed by atoms with Crippen molar-refractivity contribution in [1.29, 1.82) is 0 Å². The van der Waals surface area contributed by atoms with Crippen molar-refractivity contribution < 1.29 is 4.79 Å². The Morgan fingerprint density at radius 3 is 2.41 bits per heavy atom. The third-order valence-electron chi connectivity index (χ3n) is 3.74. The quantitative estimate of drug-likeness (QED) is 0.820. The van der Waals surface area contributed by atoms with Crippen LogP contribution in [0.4, 0.5) is 0 Å². The summed E-state index contributed by atoms with van der Waals surface area (Å²) in [4.78, 5) is 13.4. The van der Waals surface area contributed by atoms with Crippen LogP contribution in [0, 0.1) is 0 Å². The number of nitrogens with one attached hydrogen (secondary N) is 1. The smallest absolute Gasteiger partial charge is 0.238 e. The molecule has 0 spiro atoms. The zero-order valence-corrected chi connectivity index (χ0v) is 12.4. The topological polar surface area (TPSA) is 32.3 Å². The molecule has 17 heavy (non-hydrogen) atoms. The first-order valence-corrected chi connectivity index (χ1v) is 7.73. The van der Waals surface area contributed by atoms with Crippen LogP contribution in [-0.4, -0.2) is 48.5 Å². The number of hydrogen-bond acceptors (Lipinski definition) is 3. The summed E-state index contributed by atoms with van der Waals surface area (Å²) >= 11 is 1.97. The average Bonchev–Trinajstić information content (AvgIpc) is 2.36. The molecule has 4 heteroatoms. The molecule has 100 valence electrons. The van der Waals surface area contributed by atoms with E-state index in [9.17, 15) is 4.79 Å². The summed E-state index contributed by atoms with van der Waals surface area (Å²) in [6.07, 6.45) is 8.80. The van der Waals surface area contributed by atoms with Gasteiger partial charge in [0.05, 0.1) is 6.04 Å². The summed E-state index contributed by atoms with van der Waals surface area (Å²) in [6.45, 7) is 2.91. The molecule has 1 saturated carbocycles. The SMILES string of the molecule is CSC1(CNC(C)C(=O)N(C)C)CCCCC1. The molecule has 0 saturated heterocycles. The number of rotatable bonds is 5. The number of carbonyl (C=O) groups excluding carboxylic acids is 1. The van der Waals surface area contributed by atoms with Crippen molar-refractivity contribution in [3.63, 3.8) is 0 Å². The van der Waals surface area contributed by atoms with E-state index in [0.29, 0.717) is 4.75 Å². The molecule has 1 fully saturated rings. The summed E-state index contributed by atoms with van der Waals surface area (Å²) < 4.78 is 0.360. The maximum absolute atomic E-state index is 11.8. The second kappa shape index (κ2) is 6.64. The summed E-state index contributed by atoms with van der Waals surface area (Å²) in [5.41, 5.74) is 0. The van der Waals surface area contributed by atoms with E-state index < -0.39 is 0 Å². The second-order valence-electron chi connectivity index (χ2n) is 5.28. The zero-order valence-electron chi connectivity index (χ0n) is 11.6. The highest BCUT2D eigenvalue weighted by molar-refractivity contribution is 8.00. The standard InChI is InChI=1S/C13H26N2OS/c1-11(12(16)15(2)3)14-10-13(17-4)8-6-5-7-9-13/h11,14H,5-10H2,1-4H3. The largest absolute Gasteiger partial charge is 0.347 e. The van der Waals surface area contributed by atoms with Gasteiger partial charge in [-0.15, -0.1) is 0 Å². The van der Waals surface area contributed by atoms with Gasteiger partial charge in [0.1, 0.15) is 0 Å². The fourth-order valence-electron chi connectivity index (χ4n) is 2.46. The third kappa shape index (κ3) is 4.18. The molecule has 0 bridgehead atoms. The van der Waals surface area contributed by atoms with Crippen LogP contribution in [-0.2, 0) is 4.79 Å². The molecular formula is C13H26N2OS. The van der Waals surface area contributed by atoms with Crippen molar-refractivity contribution in [2.75, 3.05) is 26.9 Å². The first-order valence-electron chi connectivity index (χ1n) is 6.50. The lowest BCUT2D eigenvalue weighted by Crippen LogP contribution is -2.48. The monoisotopic (exact) mass is 258 g/mol. The van der Waals surface area contributed by atoms with E-state index in [1.165, 1.54) is 32.1 Å². The molecule has 0 radical (unpaired) electrons. The Labute approximate surface area is 110 Å². The number of hydrogen-bond donors (Lipinski definition) is 1. The van der Waals surface area contributed by atoms with Crippen LogP contribution in [0.15, 0.2) is 0 Å². The van der Waals surface area contributed by atoms with Gasteiger partial charge in [0.15, 0.2) is 0 Å². The molecule has 1 amide bonds. The van der Waals surface area contributed by atoms with Crippen LogP contribution < -0.4 is 5.32 Å². The van der Waals surface area contributed by atoms with E-state index in [2.05, 4.69) is 11.6 Å². The van der Waals surface area contributed by atoms with Gasteiger partial charge in [-0.25, -0.2) is 0 Å². The molecule has 1 aliphatic carbocycles. The number of nitrogens with zero attached hydrogens (tertiary/aromatic N) is 1. The minimum atomic E-state index is -0.0732. The summed E-state index contributed by atoms with van der Waals surface area (Å²) in [5.74, 6) is 0.164. The van der Waals surface area contributed by atoms with Crippen molar-refractivity contribution in [1.82, 2.24) is 10.2 Å². The molecule has 3 nitrogen and oxygen atoms in total. The Hall–Kier alpha value is -0.220. The Kier molecular flexibility index (Phi) is 5.80. The minimum Gasteiger partial charge on any atom is -0.347 e. The van der Waals surface area contributed by atoms with Gasteiger partial charge in [-0.1, -0.05) is 19.3 Å². The lowest BCUT2D eigenvalue weighted by molar-refractivity contribution is -0.130. The van der Waals surface area contributed by atoms with Crippen LogP contribution in [0.25, 0.3) is 0 Å². The average molecular weight is 258 g/mol. The van der Waals surface area contributed by atoms with Gasteiger partial charge in [0, 0.05) is 25.4 Å². The molecule has 1 unspecified atom stereocenters. The van der Waals surface area contributed by atoms with Crippen LogP contribution in [0.1, 0.15) is 39.0 Å². The highest BCUT2D eigenvalue weighted by Gasteiger charge is 2.31. The lowest BCUT2D eigenvalue weighted by atomic mass is 9.88. The second-order valence-corrected chi connectivity index (χ2v) is 6.56. The van der Waals surface area contributed by atoms with E-state index in [0.717, 1.165) is 6.54 Å². The van der Waals surface area contributed by atoms with Crippen molar-refractivity contribution in [2.24, 2.45) is 0 Å². The number of thioether (sulfide) groups is 1. The molecule has 0 aromatic heterocycles. The van der Waals surface area contributed by atoms with Crippen molar-refractivity contribution in [2.45, 2.75) is 49.8 Å². The van der Waals surface area contributed by atoms with Crippen molar-refractivity contribution in [3.8, 4) is 0 Å². The first kappa shape index (κ1) is 14.8. The van der Waals surface area contributed by atoms with Crippen LogP contribution in [0.3, 0.4) is 0 Å². The molecule has 0 aromatic rings. The van der Waals surface area contributed by atoms with Gasteiger partial charge < -0.3 is 10.2 Å². The summed E-state index contributed by atoms with van der Waals surface area (Å²) in [6, 6.07) is -0.0732. The summed E-state index contributed by atoms with van der Waals surface area (Å²) in [7, 11) is 3.62. The first-order chi connectivity index (χ1) is 8.01. The fourth-order valence-corrected chi connectivity index (χ4v) is 3.39. The maximum Gasteiger partial charge on any atom is 0.238 e. The highest BCUT2D eigenvalue weighted by Crippen LogP contribution is 2.37. The number of likely N-dealkylation sites (N-methyl/N-ethyl adjacent to an activating group) is 1. The summed E-state index contributed by atoms with van der Waals surface area (Å²) in [5, 5.41) is 3.41. The predicted octanol–water partition coefficient (Wildman–Crippen LogP) is 2.12. The highest BCUT2D eigenvalue weighted by atomic mass is 32.2. The van der Waals surface area contributed by atoms with Crippen molar-refractivity contribution in [3.05, 3.63) is 0 Å². The predicted molar refractivity (Wildman–Crippen MR) is 75.5 cm³/mol. The van der Waals surface area contributed by atoms with E-state index in [1.54, 1.807) is 4.90 Å². The van der Waals surface area contributed by atoms with Gasteiger partial charge in [-0.2, -0.15) is 11.8 Å². The molecular weight excluding hydrogens is 232 g/mol. The number of amides is 1. The van der Waals surface area contributed by atoms with Gasteiger partial charge in [0.25, 0.3) is 0 Å². The van der Waals surface area contributed by atoms with Crippen LogP contribution in [0.2, 0.25) is 0 Å². The number of carbonyl (C=O) groups is 1. The molecule has 1 atom stereocenters. The van der Waals surface area contributed by atoms with Crippen LogP contribution >= 0.6 is 11.8 Å².